The van der Waals surface area contributed by atoms with E-state index >= 15 is 0 Å². The van der Waals surface area contributed by atoms with Gasteiger partial charge in [-0.1, -0.05) is 6.92 Å². The highest BCUT2D eigenvalue weighted by atomic mass is 16.3. The smallest absolute Gasteiger partial charge is 0.0657 e. The molecule has 2 heteroatoms. The van der Waals surface area contributed by atoms with Crippen molar-refractivity contribution in [2.24, 2.45) is 5.92 Å². The van der Waals surface area contributed by atoms with Gasteiger partial charge in [0.1, 0.15) is 0 Å². The molecule has 2 N–H and O–H groups in total. The molecule has 1 heterocycles. The molecular formula is C8H17NO. The molecule has 1 saturated heterocycles. The lowest BCUT2D eigenvalue weighted by Gasteiger charge is -2.27. The van der Waals surface area contributed by atoms with Crippen LogP contribution in [0.15, 0.2) is 0 Å². The lowest BCUT2D eigenvalue weighted by Crippen LogP contribution is -2.32. The van der Waals surface area contributed by atoms with Gasteiger partial charge in [0.15, 0.2) is 0 Å². The van der Waals surface area contributed by atoms with Crippen molar-refractivity contribution < 1.29 is 5.11 Å². The minimum Gasteiger partial charge on any atom is -0.390 e. The maximum absolute atomic E-state index is 9.78. The van der Waals surface area contributed by atoms with E-state index in [4.69, 9.17) is 0 Å². The largest absolute Gasteiger partial charge is 0.390 e. The summed E-state index contributed by atoms with van der Waals surface area (Å²) in [6.45, 7) is 6.06. The Morgan fingerprint density at radius 2 is 2.20 bits per heavy atom. The van der Waals surface area contributed by atoms with Gasteiger partial charge in [0.05, 0.1) is 5.60 Å². The number of nitrogens with one attached hydrogen (secondary N) is 1. The van der Waals surface area contributed by atoms with Gasteiger partial charge < -0.3 is 10.4 Å². The number of hydrogen-bond acceptors (Lipinski definition) is 2. The summed E-state index contributed by atoms with van der Waals surface area (Å²) >= 11 is 0. The highest BCUT2D eigenvalue weighted by Crippen LogP contribution is 2.24. The predicted octanol–water partition coefficient (Wildman–Crippen LogP) is 0.757. The van der Waals surface area contributed by atoms with Crippen molar-refractivity contribution in [3.8, 4) is 0 Å². The second-order valence-electron chi connectivity index (χ2n) is 3.55. The predicted molar refractivity (Wildman–Crippen MR) is 41.9 cm³/mol. The molecule has 60 valence electrons. The van der Waals surface area contributed by atoms with Crippen LogP contribution in [0.5, 0.6) is 0 Å². The molecule has 0 amide bonds. The first-order chi connectivity index (χ1) is 4.63. The Bertz CT molecular complexity index is 112. The summed E-state index contributed by atoms with van der Waals surface area (Å²) in [5, 5.41) is 13.1. The van der Waals surface area contributed by atoms with Gasteiger partial charge in [0.2, 0.25) is 0 Å². The van der Waals surface area contributed by atoms with Crippen LogP contribution in [0.1, 0.15) is 26.7 Å². The van der Waals surface area contributed by atoms with Gasteiger partial charge in [-0.2, -0.15) is 0 Å². The SMILES string of the molecule is C[C@@H]1CCNCC[C@]1(C)O. The summed E-state index contributed by atoms with van der Waals surface area (Å²) in [5.74, 6) is 0.433. The second-order valence-corrected chi connectivity index (χ2v) is 3.55. The van der Waals surface area contributed by atoms with Gasteiger partial charge >= 0.3 is 0 Å². The molecule has 1 rings (SSSR count). The van der Waals surface area contributed by atoms with Crippen molar-refractivity contribution in [1.82, 2.24) is 5.32 Å². The molecular weight excluding hydrogens is 126 g/mol. The average molecular weight is 143 g/mol. The van der Waals surface area contributed by atoms with Crippen LogP contribution in [-0.2, 0) is 0 Å². The highest BCUT2D eigenvalue weighted by molar-refractivity contribution is 4.82. The lowest BCUT2D eigenvalue weighted by atomic mass is 9.87. The molecule has 0 bridgehead atoms. The lowest BCUT2D eigenvalue weighted by molar-refractivity contribution is 0.00377. The van der Waals surface area contributed by atoms with Crippen molar-refractivity contribution in [3.63, 3.8) is 0 Å². The van der Waals surface area contributed by atoms with Crippen molar-refractivity contribution >= 4 is 0 Å². The van der Waals surface area contributed by atoms with Crippen molar-refractivity contribution in [1.29, 1.82) is 0 Å². The summed E-state index contributed by atoms with van der Waals surface area (Å²) in [6.07, 6.45) is 1.97. The van der Waals surface area contributed by atoms with Crippen LogP contribution in [0.2, 0.25) is 0 Å². The fraction of sp³-hybridized carbons (Fsp3) is 1.00. The maximum Gasteiger partial charge on any atom is 0.0657 e. The van der Waals surface area contributed by atoms with E-state index in [1.165, 1.54) is 0 Å². The van der Waals surface area contributed by atoms with Crippen LogP contribution in [0.25, 0.3) is 0 Å². The van der Waals surface area contributed by atoms with Gasteiger partial charge in [0, 0.05) is 0 Å². The Labute approximate surface area is 62.6 Å². The molecule has 0 aromatic carbocycles. The summed E-state index contributed by atoms with van der Waals surface area (Å²) in [6, 6.07) is 0. The molecule has 2 nitrogen and oxygen atoms in total. The zero-order valence-corrected chi connectivity index (χ0v) is 6.85. The molecule has 0 aromatic rings. The molecule has 0 unspecified atom stereocenters. The average Bonchev–Trinajstić information content (AvgIpc) is 1.96. The molecule has 0 spiro atoms. The van der Waals surface area contributed by atoms with E-state index in [9.17, 15) is 5.11 Å². The number of hydrogen-bond donors (Lipinski definition) is 2. The summed E-state index contributed by atoms with van der Waals surface area (Å²) in [7, 11) is 0. The first-order valence-corrected chi connectivity index (χ1v) is 4.06. The van der Waals surface area contributed by atoms with E-state index in [-0.39, 0.29) is 0 Å². The Morgan fingerprint density at radius 3 is 2.90 bits per heavy atom. The Hall–Kier alpha value is -0.0800. The van der Waals surface area contributed by atoms with Crippen molar-refractivity contribution in [2.75, 3.05) is 13.1 Å². The molecule has 0 aromatic heterocycles. The van der Waals surface area contributed by atoms with Crippen LogP contribution < -0.4 is 5.32 Å². The highest BCUT2D eigenvalue weighted by Gasteiger charge is 2.28. The normalized spacial score (nSPS) is 42.9. The van der Waals surface area contributed by atoms with Gasteiger partial charge in [0.25, 0.3) is 0 Å². The molecule has 1 fully saturated rings. The third kappa shape index (κ3) is 1.70. The fourth-order valence-corrected chi connectivity index (χ4v) is 1.34. The first-order valence-electron chi connectivity index (χ1n) is 4.06. The van der Waals surface area contributed by atoms with E-state index in [0.717, 1.165) is 25.9 Å². The Morgan fingerprint density at radius 1 is 1.50 bits per heavy atom. The summed E-state index contributed by atoms with van der Waals surface area (Å²) < 4.78 is 0. The second kappa shape index (κ2) is 2.89. The van der Waals surface area contributed by atoms with Crippen LogP contribution in [0.4, 0.5) is 0 Å². The van der Waals surface area contributed by atoms with E-state index in [2.05, 4.69) is 12.2 Å². The van der Waals surface area contributed by atoms with Crippen LogP contribution in [0, 0.1) is 5.92 Å². The molecule has 10 heavy (non-hydrogen) atoms. The third-order valence-corrected chi connectivity index (χ3v) is 2.62. The van der Waals surface area contributed by atoms with E-state index in [1.807, 2.05) is 6.92 Å². The van der Waals surface area contributed by atoms with Crippen molar-refractivity contribution in [3.05, 3.63) is 0 Å². The van der Waals surface area contributed by atoms with Crippen LogP contribution in [0.3, 0.4) is 0 Å². The summed E-state index contributed by atoms with van der Waals surface area (Å²) in [5.41, 5.74) is -0.441. The molecule has 2 atom stereocenters. The zero-order chi connectivity index (χ0) is 7.61. The minimum atomic E-state index is -0.441. The van der Waals surface area contributed by atoms with E-state index < -0.39 is 5.60 Å². The van der Waals surface area contributed by atoms with Gasteiger partial charge in [-0.3, -0.25) is 0 Å². The van der Waals surface area contributed by atoms with Gasteiger partial charge in [-0.05, 0) is 38.8 Å². The number of rotatable bonds is 0. The third-order valence-electron chi connectivity index (χ3n) is 2.62. The molecule has 1 aliphatic rings. The maximum atomic E-state index is 9.78. The van der Waals surface area contributed by atoms with Gasteiger partial charge in [-0.15, -0.1) is 0 Å². The van der Waals surface area contributed by atoms with Crippen LogP contribution >= 0.6 is 0 Å². The Kier molecular flexibility index (Phi) is 2.32. The quantitative estimate of drug-likeness (QED) is 0.524. The monoisotopic (exact) mass is 143 g/mol. The summed E-state index contributed by atoms with van der Waals surface area (Å²) in [4.78, 5) is 0. The van der Waals surface area contributed by atoms with Gasteiger partial charge in [-0.25, -0.2) is 0 Å². The number of aliphatic hydroxyl groups is 1. The van der Waals surface area contributed by atoms with Crippen molar-refractivity contribution in [2.45, 2.75) is 32.3 Å². The molecule has 0 radical (unpaired) electrons. The molecule has 0 saturated carbocycles. The van der Waals surface area contributed by atoms with E-state index in [0.29, 0.717) is 5.92 Å². The molecule has 0 aliphatic carbocycles. The minimum absolute atomic E-state index is 0.433. The van der Waals surface area contributed by atoms with Crippen LogP contribution in [-0.4, -0.2) is 23.8 Å². The molecule has 1 aliphatic heterocycles. The van der Waals surface area contributed by atoms with E-state index in [1.54, 1.807) is 0 Å². The fourth-order valence-electron chi connectivity index (χ4n) is 1.34. The first kappa shape index (κ1) is 8.02. The topological polar surface area (TPSA) is 32.3 Å². The Balaban J connectivity index is 2.52. The standard InChI is InChI=1S/C8H17NO/c1-7-3-5-9-6-4-8(7,2)10/h7,9-10H,3-6H2,1-2H3/t7-,8+/m1/s1. The zero-order valence-electron chi connectivity index (χ0n) is 6.85.